The van der Waals surface area contributed by atoms with Gasteiger partial charge in [0.15, 0.2) is 6.61 Å². The number of benzene rings is 1. The van der Waals surface area contributed by atoms with E-state index in [1.807, 2.05) is 6.92 Å². The van der Waals surface area contributed by atoms with Crippen LogP contribution < -0.4 is 15.4 Å². The Balaban J connectivity index is 1.60. The summed E-state index contributed by atoms with van der Waals surface area (Å²) in [5.41, 5.74) is 1.63. The van der Waals surface area contributed by atoms with Gasteiger partial charge >= 0.3 is 5.97 Å². The van der Waals surface area contributed by atoms with Gasteiger partial charge in [-0.2, -0.15) is 0 Å². The van der Waals surface area contributed by atoms with Crippen molar-refractivity contribution in [2.45, 2.75) is 26.7 Å². The number of aryl methyl sites for hydroxylation is 1. The third kappa shape index (κ3) is 4.69. The van der Waals surface area contributed by atoms with Crippen molar-refractivity contribution in [1.29, 1.82) is 0 Å². The number of thiophene rings is 1. The first-order chi connectivity index (χ1) is 13.4. The molecule has 0 saturated heterocycles. The van der Waals surface area contributed by atoms with Crippen molar-refractivity contribution in [2.75, 3.05) is 24.4 Å². The van der Waals surface area contributed by atoms with E-state index < -0.39 is 18.5 Å². The quantitative estimate of drug-likeness (QED) is 0.691. The van der Waals surface area contributed by atoms with Crippen LogP contribution in [0.4, 0.5) is 10.7 Å². The highest BCUT2D eigenvalue weighted by Gasteiger charge is 2.31. The van der Waals surface area contributed by atoms with Crippen LogP contribution in [-0.4, -0.2) is 31.5 Å². The maximum absolute atomic E-state index is 12.5. The van der Waals surface area contributed by atoms with Gasteiger partial charge < -0.3 is 20.1 Å². The van der Waals surface area contributed by atoms with Crippen LogP contribution in [0.25, 0.3) is 0 Å². The minimum atomic E-state index is -0.627. The lowest BCUT2D eigenvalue weighted by Gasteiger charge is -2.09. The Kier molecular flexibility index (Phi) is 5.99. The van der Waals surface area contributed by atoms with Crippen molar-refractivity contribution < 1.29 is 23.9 Å². The summed E-state index contributed by atoms with van der Waals surface area (Å²) in [5.74, 6) is -0.451. The van der Waals surface area contributed by atoms with E-state index in [1.165, 1.54) is 11.3 Å². The summed E-state index contributed by atoms with van der Waals surface area (Å²) in [7, 11) is 1.56. The molecule has 148 valence electrons. The highest BCUT2D eigenvalue weighted by Crippen LogP contribution is 2.36. The number of hydrogen-bond acceptors (Lipinski definition) is 6. The second-order valence-corrected chi connectivity index (χ2v) is 7.83. The smallest absolute Gasteiger partial charge is 0.341 e. The van der Waals surface area contributed by atoms with Gasteiger partial charge in [-0.3, -0.25) is 9.59 Å². The zero-order valence-electron chi connectivity index (χ0n) is 16.0. The summed E-state index contributed by atoms with van der Waals surface area (Å²) in [4.78, 5) is 37.6. The van der Waals surface area contributed by atoms with Crippen molar-refractivity contribution in [3.05, 3.63) is 40.3 Å². The van der Waals surface area contributed by atoms with Crippen LogP contribution in [0, 0.1) is 19.8 Å². The fourth-order valence-corrected chi connectivity index (χ4v) is 3.65. The molecule has 1 fully saturated rings. The average Bonchev–Trinajstić information content (AvgIpc) is 3.48. The van der Waals surface area contributed by atoms with E-state index in [1.54, 1.807) is 38.3 Å². The molecule has 2 amide bonds. The molecule has 0 radical (unpaired) electrons. The number of nitrogens with one attached hydrogen (secondary N) is 2. The van der Waals surface area contributed by atoms with Crippen LogP contribution >= 0.6 is 11.3 Å². The van der Waals surface area contributed by atoms with Gasteiger partial charge in [-0.05, 0) is 56.5 Å². The molecule has 0 atom stereocenters. The minimum Gasteiger partial charge on any atom is -0.497 e. The predicted octanol–water partition coefficient (Wildman–Crippen LogP) is 3.52. The third-order valence-corrected chi connectivity index (χ3v) is 5.61. The number of anilines is 2. The van der Waals surface area contributed by atoms with Gasteiger partial charge in [0.05, 0.1) is 12.7 Å². The number of esters is 1. The number of carbonyl (C=O) groups is 3. The lowest BCUT2D eigenvalue weighted by atomic mass is 10.1. The second-order valence-electron chi connectivity index (χ2n) is 6.60. The topological polar surface area (TPSA) is 93.7 Å². The van der Waals surface area contributed by atoms with E-state index in [4.69, 9.17) is 9.47 Å². The number of methoxy groups -OCH3 is 1. The van der Waals surface area contributed by atoms with Gasteiger partial charge in [0.2, 0.25) is 5.91 Å². The van der Waals surface area contributed by atoms with E-state index in [2.05, 4.69) is 10.6 Å². The molecule has 0 bridgehead atoms. The van der Waals surface area contributed by atoms with E-state index in [0.717, 1.165) is 23.3 Å². The van der Waals surface area contributed by atoms with E-state index in [-0.39, 0.29) is 11.8 Å². The summed E-state index contributed by atoms with van der Waals surface area (Å²) in [6.45, 7) is 3.25. The average molecular weight is 402 g/mol. The van der Waals surface area contributed by atoms with Gasteiger partial charge in [-0.15, -0.1) is 11.3 Å². The Morgan fingerprint density at radius 3 is 2.39 bits per heavy atom. The summed E-state index contributed by atoms with van der Waals surface area (Å²) in [5, 5.41) is 5.95. The Bertz CT molecular complexity index is 900. The second kappa shape index (κ2) is 8.43. The first-order valence-corrected chi connectivity index (χ1v) is 9.72. The molecule has 1 aliphatic carbocycles. The van der Waals surface area contributed by atoms with Gasteiger partial charge in [-0.1, -0.05) is 0 Å². The van der Waals surface area contributed by atoms with Crippen molar-refractivity contribution in [3.63, 3.8) is 0 Å². The van der Waals surface area contributed by atoms with Crippen LogP contribution in [0.15, 0.2) is 24.3 Å². The number of rotatable bonds is 7. The molecule has 28 heavy (non-hydrogen) atoms. The van der Waals surface area contributed by atoms with Crippen LogP contribution in [0.2, 0.25) is 0 Å². The molecule has 1 heterocycles. The predicted molar refractivity (Wildman–Crippen MR) is 107 cm³/mol. The Hall–Kier alpha value is -2.87. The summed E-state index contributed by atoms with van der Waals surface area (Å²) in [6, 6.07) is 6.81. The van der Waals surface area contributed by atoms with Crippen LogP contribution in [0.1, 0.15) is 33.6 Å². The van der Waals surface area contributed by atoms with E-state index in [9.17, 15) is 14.4 Å². The van der Waals surface area contributed by atoms with Crippen LogP contribution in [0.3, 0.4) is 0 Å². The van der Waals surface area contributed by atoms with Gasteiger partial charge in [0.1, 0.15) is 10.8 Å². The molecule has 2 aromatic rings. The minimum absolute atomic E-state index is 0.0295. The standard InChI is InChI=1S/C20H22N2O5S/c1-11-12(2)28-19(22-18(24)13-4-5-13)17(11)20(25)27-10-16(23)21-14-6-8-15(26-3)9-7-14/h6-9,13H,4-5,10H2,1-3H3,(H,21,23)(H,22,24). The molecular weight excluding hydrogens is 380 g/mol. The van der Waals surface area contributed by atoms with Gasteiger partial charge in [0, 0.05) is 16.5 Å². The Morgan fingerprint density at radius 2 is 1.79 bits per heavy atom. The monoisotopic (exact) mass is 402 g/mol. The molecule has 0 spiro atoms. The number of ether oxygens (including phenoxy) is 2. The van der Waals surface area contributed by atoms with Crippen molar-refractivity contribution in [2.24, 2.45) is 5.92 Å². The lowest BCUT2D eigenvalue weighted by Crippen LogP contribution is -2.22. The maximum atomic E-state index is 12.5. The zero-order valence-corrected chi connectivity index (χ0v) is 16.8. The molecule has 1 aliphatic rings. The van der Waals surface area contributed by atoms with Crippen molar-refractivity contribution >= 4 is 39.8 Å². The number of carbonyl (C=O) groups excluding carboxylic acids is 3. The van der Waals surface area contributed by atoms with E-state index in [0.29, 0.717) is 22.0 Å². The SMILES string of the molecule is COc1ccc(NC(=O)COC(=O)c2c(NC(=O)C3CC3)sc(C)c2C)cc1. The van der Waals surface area contributed by atoms with Crippen molar-refractivity contribution in [3.8, 4) is 5.75 Å². The summed E-state index contributed by atoms with van der Waals surface area (Å²) < 4.78 is 10.2. The van der Waals surface area contributed by atoms with E-state index >= 15 is 0 Å². The molecule has 2 N–H and O–H groups in total. The van der Waals surface area contributed by atoms with Crippen LogP contribution in [-0.2, 0) is 14.3 Å². The first kappa shape index (κ1) is 19.9. The molecule has 0 unspecified atom stereocenters. The summed E-state index contributed by atoms with van der Waals surface area (Å²) >= 11 is 1.34. The molecule has 1 aromatic carbocycles. The highest BCUT2D eigenvalue weighted by atomic mass is 32.1. The van der Waals surface area contributed by atoms with Gasteiger partial charge in [-0.25, -0.2) is 4.79 Å². The van der Waals surface area contributed by atoms with Gasteiger partial charge in [0.25, 0.3) is 5.91 Å². The fourth-order valence-electron chi connectivity index (χ4n) is 2.59. The molecular formula is C20H22N2O5S. The third-order valence-electron chi connectivity index (χ3n) is 4.48. The van der Waals surface area contributed by atoms with Crippen LogP contribution in [0.5, 0.6) is 5.75 Å². The highest BCUT2D eigenvalue weighted by molar-refractivity contribution is 7.16. The molecule has 1 aromatic heterocycles. The number of amides is 2. The Labute approximate surface area is 167 Å². The normalized spacial score (nSPS) is 13.0. The fraction of sp³-hybridized carbons (Fsp3) is 0.350. The lowest BCUT2D eigenvalue weighted by molar-refractivity contribution is -0.119. The summed E-state index contributed by atoms with van der Waals surface area (Å²) in [6.07, 6.45) is 1.75. The molecule has 1 saturated carbocycles. The number of hydrogen-bond donors (Lipinski definition) is 2. The maximum Gasteiger partial charge on any atom is 0.341 e. The van der Waals surface area contributed by atoms with Crippen molar-refractivity contribution in [1.82, 2.24) is 0 Å². The molecule has 8 heteroatoms. The first-order valence-electron chi connectivity index (χ1n) is 8.91. The molecule has 0 aliphatic heterocycles. The largest absolute Gasteiger partial charge is 0.497 e. The molecule has 3 rings (SSSR count). The zero-order chi connectivity index (χ0) is 20.3. The Morgan fingerprint density at radius 1 is 1.11 bits per heavy atom. The molecule has 7 nitrogen and oxygen atoms in total.